The number of hydrogen-bond donors (Lipinski definition) is 1. The number of oxime groups is 1. The lowest BCUT2D eigenvalue weighted by Gasteiger charge is -2.21. The molecule has 0 spiro atoms. The first-order valence-electron chi connectivity index (χ1n) is 9.20. The maximum Gasteiger partial charge on any atom is 0.344 e. The van der Waals surface area contributed by atoms with E-state index in [1.54, 1.807) is 22.9 Å². The number of carbonyl (C=O) groups excluding carboxylic acids is 1. The van der Waals surface area contributed by atoms with Crippen molar-refractivity contribution in [3.05, 3.63) is 60.2 Å². The molecule has 0 aliphatic heterocycles. The molecule has 0 unspecified atom stereocenters. The van der Waals surface area contributed by atoms with Crippen LogP contribution in [0.4, 0.5) is 0 Å². The third kappa shape index (κ3) is 8.13. The summed E-state index contributed by atoms with van der Waals surface area (Å²) < 4.78 is 14.9. The molecule has 3 rings (SSSR count). The molecule has 0 aromatic carbocycles. The van der Waals surface area contributed by atoms with Crippen LogP contribution < -0.4 is 57.1 Å². The molecule has 0 radical (unpaired) electrons. The Morgan fingerprint density at radius 2 is 1.90 bits per heavy atom. The molecule has 2 aromatic heterocycles. The van der Waals surface area contributed by atoms with Gasteiger partial charge in [-0.2, -0.15) is 9.13 Å². The lowest BCUT2D eigenvalue weighted by atomic mass is 9.98. The Hall–Kier alpha value is -1.34. The third-order valence-electron chi connectivity index (χ3n) is 4.56. The van der Waals surface area contributed by atoms with Crippen molar-refractivity contribution in [2.75, 3.05) is 0 Å². The number of esters is 1. The van der Waals surface area contributed by atoms with E-state index in [1.807, 2.05) is 35.2 Å². The fourth-order valence-electron chi connectivity index (χ4n) is 3.15. The van der Waals surface area contributed by atoms with Crippen LogP contribution >= 0.6 is 0 Å². The van der Waals surface area contributed by atoms with Crippen LogP contribution in [-0.2, 0) is 22.9 Å². The second kappa shape index (κ2) is 13.8. The zero-order valence-electron chi connectivity index (χ0n) is 16.0. The fraction of sp³-hybridized carbons (Fsp3) is 0.400. The summed E-state index contributed by atoms with van der Waals surface area (Å²) in [5.74, 6) is -0.282. The van der Waals surface area contributed by atoms with Gasteiger partial charge in [0.15, 0.2) is 18.6 Å². The fourth-order valence-corrected chi connectivity index (χ4v) is 3.15. The van der Waals surface area contributed by atoms with Crippen molar-refractivity contribution in [2.24, 2.45) is 5.16 Å². The van der Waals surface area contributed by atoms with E-state index in [2.05, 4.69) is 5.16 Å². The summed E-state index contributed by atoms with van der Waals surface area (Å²) in [6.45, 7) is 0.564. The van der Waals surface area contributed by atoms with Crippen LogP contribution in [0.3, 0.4) is 0 Å². The van der Waals surface area contributed by atoms with E-state index in [4.69, 9.17) is 14.7 Å². The van der Waals surface area contributed by atoms with Gasteiger partial charge in [-0.3, -0.25) is 4.74 Å². The van der Waals surface area contributed by atoms with Gasteiger partial charge in [-0.1, -0.05) is 11.6 Å². The Labute approximate surface area is 204 Å². The molecule has 1 N–H and O–H groups in total. The van der Waals surface area contributed by atoms with E-state index in [0.29, 0.717) is 5.56 Å². The van der Waals surface area contributed by atoms with Gasteiger partial charge in [0.2, 0.25) is 5.69 Å². The van der Waals surface area contributed by atoms with Crippen LogP contribution in [0, 0.1) is 0 Å². The number of nitrogens with zero attached hydrogens (tertiary/aromatic N) is 3. The average molecular weight is 625 g/mol. The number of pyridine rings is 2. The number of hydrogen-bond acceptors (Lipinski definition) is 5. The zero-order valence-corrected chi connectivity index (χ0v) is 20.3. The topological polar surface area (TPSA) is 75.9 Å². The van der Waals surface area contributed by atoms with Gasteiger partial charge in [-0.15, -0.1) is 0 Å². The highest BCUT2D eigenvalue weighted by Crippen LogP contribution is 2.21. The molecule has 0 atom stereocenters. The Balaban J connectivity index is 0.00000210. The molecule has 9 heteroatoms. The van der Waals surface area contributed by atoms with Crippen molar-refractivity contribution in [3.63, 3.8) is 0 Å². The van der Waals surface area contributed by atoms with Crippen molar-refractivity contribution >= 4 is 12.2 Å². The van der Waals surface area contributed by atoms with Crippen molar-refractivity contribution < 1.29 is 76.6 Å². The molecule has 1 fully saturated rings. The van der Waals surface area contributed by atoms with Crippen molar-refractivity contribution in [3.8, 4) is 0 Å². The Bertz CT molecular complexity index is 799. The average Bonchev–Trinajstić information content (AvgIpc) is 2.70. The Kier molecular flexibility index (Phi) is 12.2. The molecule has 158 valence electrons. The zero-order chi connectivity index (χ0) is 18.9. The molecular weight excluding hydrogens is 600 g/mol. The molecule has 0 amide bonds. The summed E-state index contributed by atoms with van der Waals surface area (Å²) in [6, 6.07) is 9.10. The number of carbonyl (C=O) groups is 1. The molecule has 1 saturated carbocycles. The summed E-state index contributed by atoms with van der Waals surface area (Å²) in [6.07, 6.45) is 12.2. The maximum atomic E-state index is 12.4. The first kappa shape index (κ1) is 25.7. The SMILES string of the molecule is O=C(OC1CCCCC1)c1ccc[n+](COC[n+]2ccccc2C=NO)c1.[I-].[I-]. The molecule has 7 nitrogen and oxygen atoms in total. The van der Waals surface area contributed by atoms with Gasteiger partial charge in [0.25, 0.3) is 13.5 Å². The standard InChI is InChI=1S/C20H24N3O4.2HI/c24-20(27-19-9-2-1-3-10-19)17-7-6-11-22(14-17)15-26-16-23-12-5-4-8-18(23)13-21-25;;/h4-8,11-14,19H,1-3,9-10,15-16H2;2*1H/q+1;;/p-1. The van der Waals surface area contributed by atoms with Gasteiger partial charge < -0.3 is 57.9 Å². The van der Waals surface area contributed by atoms with Crippen LogP contribution in [0.1, 0.15) is 48.2 Å². The molecule has 1 aliphatic rings. The highest BCUT2D eigenvalue weighted by atomic mass is 127. The molecule has 2 aromatic rings. The minimum absolute atomic E-state index is 0. The van der Waals surface area contributed by atoms with Gasteiger partial charge in [-0.05, 0) is 37.8 Å². The first-order chi connectivity index (χ1) is 13.3. The second-order valence-electron chi connectivity index (χ2n) is 6.57. The van der Waals surface area contributed by atoms with Gasteiger partial charge in [0.05, 0.1) is 0 Å². The van der Waals surface area contributed by atoms with Crippen LogP contribution in [0.15, 0.2) is 54.1 Å². The number of halogens is 2. The predicted octanol–water partition coefficient (Wildman–Crippen LogP) is -3.80. The molecule has 0 saturated heterocycles. The summed E-state index contributed by atoms with van der Waals surface area (Å²) >= 11 is 0. The van der Waals surface area contributed by atoms with Crippen LogP contribution in [0.2, 0.25) is 0 Å². The highest BCUT2D eigenvalue weighted by molar-refractivity contribution is 5.88. The quantitative estimate of drug-likeness (QED) is 0.0857. The van der Waals surface area contributed by atoms with Crippen LogP contribution in [-0.4, -0.2) is 23.5 Å². The first-order valence-corrected chi connectivity index (χ1v) is 9.20. The third-order valence-corrected chi connectivity index (χ3v) is 4.56. The minimum atomic E-state index is -0.282. The van der Waals surface area contributed by atoms with Gasteiger partial charge in [0.1, 0.15) is 17.9 Å². The van der Waals surface area contributed by atoms with Gasteiger partial charge in [0, 0.05) is 18.2 Å². The van der Waals surface area contributed by atoms with Crippen molar-refractivity contribution in [1.82, 2.24) is 0 Å². The van der Waals surface area contributed by atoms with Crippen molar-refractivity contribution in [1.29, 1.82) is 0 Å². The lowest BCUT2D eigenvalue weighted by Crippen LogP contribution is -3.00. The van der Waals surface area contributed by atoms with Gasteiger partial charge in [-0.25, -0.2) is 4.79 Å². The molecule has 0 bridgehead atoms. The summed E-state index contributed by atoms with van der Waals surface area (Å²) in [4.78, 5) is 12.4. The maximum absolute atomic E-state index is 12.4. The lowest BCUT2D eigenvalue weighted by molar-refractivity contribution is -0.788. The second-order valence-corrected chi connectivity index (χ2v) is 6.57. The Morgan fingerprint density at radius 1 is 1.10 bits per heavy atom. The minimum Gasteiger partial charge on any atom is -1.00 e. The molecule has 2 heterocycles. The number of rotatable bonds is 7. The van der Waals surface area contributed by atoms with E-state index in [0.717, 1.165) is 31.4 Å². The van der Waals surface area contributed by atoms with Crippen LogP contribution in [0.5, 0.6) is 0 Å². The normalized spacial score (nSPS) is 14.1. The largest absolute Gasteiger partial charge is 1.00 e. The number of aromatic nitrogens is 2. The van der Waals surface area contributed by atoms with E-state index < -0.39 is 0 Å². The summed E-state index contributed by atoms with van der Waals surface area (Å²) in [5, 5.41) is 11.8. The van der Waals surface area contributed by atoms with Gasteiger partial charge >= 0.3 is 5.97 Å². The molecular formula is C20H25I2N3O4. The Morgan fingerprint density at radius 3 is 2.66 bits per heavy atom. The summed E-state index contributed by atoms with van der Waals surface area (Å²) in [7, 11) is 0. The smallest absolute Gasteiger partial charge is 0.344 e. The predicted molar refractivity (Wildman–Crippen MR) is 96.0 cm³/mol. The van der Waals surface area contributed by atoms with Crippen LogP contribution in [0.25, 0.3) is 0 Å². The van der Waals surface area contributed by atoms with E-state index in [-0.39, 0.29) is 73.5 Å². The van der Waals surface area contributed by atoms with E-state index in [9.17, 15) is 4.79 Å². The van der Waals surface area contributed by atoms with Crippen molar-refractivity contribution in [2.45, 2.75) is 51.7 Å². The molecule has 1 aliphatic carbocycles. The number of ether oxygens (including phenoxy) is 2. The highest BCUT2D eigenvalue weighted by Gasteiger charge is 2.20. The molecule has 29 heavy (non-hydrogen) atoms. The van der Waals surface area contributed by atoms with E-state index >= 15 is 0 Å². The monoisotopic (exact) mass is 625 g/mol. The van der Waals surface area contributed by atoms with E-state index in [1.165, 1.54) is 12.6 Å². The summed E-state index contributed by atoms with van der Waals surface area (Å²) in [5.41, 5.74) is 1.24.